The molecule has 0 radical (unpaired) electrons. The van der Waals surface area contributed by atoms with E-state index < -0.39 is 0 Å². The Labute approximate surface area is 90.0 Å². The van der Waals surface area contributed by atoms with E-state index in [-0.39, 0.29) is 0 Å². The third kappa shape index (κ3) is 2.81. The first-order valence-corrected chi connectivity index (χ1v) is 5.04. The molecule has 0 saturated carbocycles. The Balaban J connectivity index is 1.99. The summed E-state index contributed by atoms with van der Waals surface area (Å²) in [5.41, 5.74) is 3.70. The third-order valence-corrected chi connectivity index (χ3v) is 2.26. The van der Waals surface area contributed by atoms with E-state index >= 15 is 0 Å². The molecule has 0 aliphatic heterocycles. The summed E-state index contributed by atoms with van der Waals surface area (Å²) in [6, 6.07) is 12.4. The zero-order valence-electron chi connectivity index (χ0n) is 8.77. The van der Waals surface area contributed by atoms with Crippen LogP contribution in [0.3, 0.4) is 0 Å². The summed E-state index contributed by atoms with van der Waals surface area (Å²) in [4.78, 5) is 3.97. The molecule has 1 N–H and O–H groups in total. The lowest BCUT2D eigenvalue weighted by Crippen LogP contribution is -1.99. The minimum atomic E-state index is 0.853. The maximum atomic E-state index is 3.97. The third-order valence-electron chi connectivity index (χ3n) is 2.26. The number of nitrogens with zero attached hydrogens (tertiary/aromatic N) is 1. The lowest BCUT2D eigenvalue weighted by atomic mass is 10.1. The van der Waals surface area contributed by atoms with Crippen LogP contribution in [0.2, 0.25) is 0 Å². The van der Waals surface area contributed by atoms with Crippen LogP contribution in [0.4, 0.5) is 5.69 Å². The summed E-state index contributed by atoms with van der Waals surface area (Å²) in [6.07, 6.45) is 3.58. The molecular weight excluding hydrogens is 184 g/mol. The van der Waals surface area contributed by atoms with E-state index in [0.717, 1.165) is 12.2 Å². The largest absolute Gasteiger partial charge is 0.381 e. The fourth-order valence-electron chi connectivity index (χ4n) is 1.50. The van der Waals surface area contributed by atoms with Crippen molar-refractivity contribution < 1.29 is 0 Å². The van der Waals surface area contributed by atoms with Crippen LogP contribution in [0.15, 0.2) is 48.8 Å². The molecule has 2 nitrogen and oxygen atoms in total. The average molecular weight is 198 g/mol. The molecule has 0 bridgehead atoms. The molecule has 2 rings (SSSR count). The van der Waals surface area contributed by atoms with Crippen molar-refractivity contribution in [1.29, 1.82) is 0 Å². The number of hydrogen-bond acceptors (Lipinski definition) is 2. The van der Waals surface area contributed by atoms with Gasteiger partial charge >= 0.3 is 0 Å². The molecule has 0 atom stereocenters. The Kier molecular flexibility index (Phi) is 2.98. The predicted octanol–water partition coefficient (Wildman–Crippen LogP) is 3.00. The van der Waals surface area contributed by atoms with Crippen LogP contribution in [-0.2, 0) is 6.54 Å². The normalized spacial score (nSPS) is 9.93. The van der Waals surface area contributed by atoms with Crippen molar-refractivity contribution in [2.75, 3.05) is 5.32 Å². The van der Waals surface area contributed by atoms with Gasteiger partial charge in [0.2, 0.25) is 0 Å². The molecule has 0 fully saturated rings. The Morgan fingerprint density at radius 1 is 1.13 bits per heavy atom. The molecule has 1 heterocycles. The van der Waals surface area contributed by atoms with Crippen LogP contribution >= 0.6 is 0 Å². The van der Waals surface area contributed by atoms with Crippen molar-refractivity contribution >= 4 is 5.69 Å². The van der Waals surface area contributed by atoms with Crippen LogP contribution in [0.1, 0.15) is 11.1 Å². The number of hydrogen-bond donors (Lipinski definition) is 1. The number of nitrogens with one attached hydrogen (secondary N) is 1. The average Bonchev–Trinajstić information content (AvgIpc) is 2.28. The van der Waals surface area contributed by atoms with E-state index in [1.165, 1.54) is 11.1 Å². The van der Waals surface area contributed by atoms with Gasteiger partial charge in [-0.25, -0.2) is 0 Å². The van der Waals surface area contributed by atoms with E-state index in [4.69, 9.17) is 0 Å². The Hall–Kier alpha value is -1.83. The molecule has 0 amide bonds. The topological polar surface area (TPSA) is 24.9 Å². The van der Waals surface area contributed by atoms with Gasteiger partial charge in [-0.05, 0) is 24.6 Å². The molecule has 0 aliphatic carbocycles. The van der Waals surface area contributed by atoms with Gasteiger partial charge in [0.05, 0.1) is 0 Å². The summed E-state index contributed by atoms with van der Waals surface area (Å²) in [5.74, 6) is 0. The smallest absolute Gasteiger partial charge is 0.0400 e. The predicted molar refractivity (Wildman–Crippen MR) is 62.7 cm³/mol. The SMILES string of the molecule is Cc1cccc(CNc2ccncc2)c1. The molecule has 1 aromatic heterocycles. The van der Waals surface area contributed by atoms with Crippen LogP contribution in [0.5, 0.6) is 0 Å². The summed E-state index contributed by atoms with van der Waals surface area (Å²) >= 11 is 0. The zero-order chi connectivity index (χ0) is 10.5. The molecule has 2 heteroatoms. The van der Waals surface area contributed by atoms with Gasteiger partial charge in [-0.1, -0.05) is 29.8 Å². The molecule has 0 aliphatic rings. The van der Waals surface area contributed by atoms with E-state index in [1.807, 2.05) is 12.1 Å². The van der Waals surface area contributed by atoms with Crippen molar-refractivity contribution in [2.45, 2.75) is 13.5 Å². The molecule has 0 spiro atoms. The van der Waals surface area contributed by atoms with Gasteiger partial charge in [-0.15, -0.1) is 0 Å². The molecule has 0 unspecified atom stereocenters. The van der Waals surface area contributed by atoms with Gasteiger partial charge < -0.3 is 5.32 Å². The van der Waals surface area contributed by atoms with Gasteiger partial charge in [0.15, 0.2) is 0 Å². The summed E-state index contributed by atoms with van der Waals surface area (Å²) in [7, 11) is 0. The Bertz CT molecular complexity index is 424. The van der Waals surface area contributed by atoms with E-state index in [1.54, 1.807) is 12.4 Å². The number of aromatic nitrogens is 1. The second kappa shape index (κ2) is 4.60. The minimum absolute atomic E-state index is 0.853. The van der Waals surface area contributed by atoms with Crippen LogP contribution in [0, 0.1) is 6.92 Å². The molecule has 0 saturated heterocycles. The van der Waals surface area contributed by atoms with Crippen molar-refractivity contribution in [3.8, 4) is 0 Å². The van der Waals surface area contributed by atoms with Gasteiger partial charge in [0, 0.05) is 24.6 Å². The first-order chi connectivity index (χ1) is 7.34. The number of anilines is 1. The molecule has 1 aromatic carbocycles. The standard InChI is InChI=1S/C13H14N2/c1-11-3-2-4-12(9-11)10-15-13-5-7-14-8-6-13/h2-9H,10H2,1H3,(H,14,15). The number of rotatable bonds is 3. The van der Waals surface area contributed by atoms with Gasteiger partial charge in [0.1, 0.15) is 0 Å². The summed E-state index contributed by atoms with van der Waals surface area (Å²) < 4.78 is 0. The monoisotopic (exact) mass is 198 g/mol. The van der Waals surface area contributed by atoms with Crippen molar-refractivity contribution in [1.82, 2.24) is 4.98 Å². The quantitative estimate of drug-likeness (QED) is 0.820. The summed E-state index contributed by atoms with van der Waals surface area (Å²) in [6.45, 7) is 2.96. The van der Waals surface area contributed by atoms with Gasteiger partial charge in [0.25, 0.3) is 0 Å². The van der Waals surface area contributed by atoms with E-state index in [0.29, 0.717) is 0 Å². The van der Waals surface area contributed by atoms with Crippen LogP contribution in [0.25, 0.3) is 0 Å². The highest BCUT2D eigenvalue weighted by Gasteiger charge is 1.93. The fourth-order valence-corrected chi connectivity index (χ4v) is 1.50. The second-order valence-electron chi connectivity index (χ2n) is 3.58. The molecule has 76 valence electrons. The number of benzene rings is 1. The first-order valence-electron chi connectivity index (χ1n) is 5.04. The molecule has 15 heavy (non-hydrogen) atoms. The van der Waals surface area contributed by atoms with E-state index in [9.17, 15) is 0 Å². The first kappa shape index (κ1) is 9.71. The highest BCUT2D eigenvalue weighted by molar-refractivity contribution is 5.41. The van der Waals surface area contributed by atoms with E-state index in [2.05, 4.69) is 41.5 Å². The molecule has 2 aromatic rings. The summed E-state index contributed by atoms with van der Waals surface area (Å²) in [5, 5.41) is 3.35. The van der Waals surface area contributed by atoms with Crippen molar-refractivity contribution in [3.63, 3.8) is 0 Å². The molecular formula is C13H14N2. The van der Waals surface area contributed by atoms with Crippen molar-refractivity contribution in [3.05, 3.63) is 59.9 Å². The van der Waals surface area contributed by atoms with Gasteiger partial charge in [-0.2, -0.15) is 0 Å². The lowest BCUT2D eigenvalue weighted by Gasteiger charge is -2.06. The van der Waals surface area contributed by atoms with Gasteiger partial charge in [-0.3, -0.25) is 4.98 Å². The fraction of sp³-hybridized carbons (Fsp3) is 0.154. The maximum absolute atomic E-state index is 3.97. The lowest BCUT2D eigenvalue weighted by molar-refractivity contribution is 1.13. The van der Waals surface area contributed by atoms with Crippen molar-refractivity contribution in [2.24, 2.45) is 0 Å². The van der Waals surface area contributed by atoms with Crippen LogP contribution < -0.4 is 5.32 Å². The second-order valence-corrected chi connectivity index (χ2v) is 3.58. The maximum Gasteiger partial charge on any atom is 0.0400 e. The Morgan fingerprint density at radius 2 is 1.93 bits per heavy atom. The highest BCUT2D eigenvalue weighted by Crippen LogP contribution is 2.08. The number of pyridine rings is 1. The Morgan fingerprint density at radius 3 is 2.67 bits per heavy atom. The van der Waals surface area contributed by atoms with Crippen LogP contribution in [-0.4, -0.2) is 4.98 Å². The zero-order valence-corrected chi connectivity index (χ0v) is 8.77. The number of aryl methyl sites for hydroxylation is 1. The minimum Gasteiger partial charge on any atom is -0.381 e. The highest BCUT2D eigenvalue weighted by atomic mass is 14.9.